The Morgan fingerprint density at radius 1 is 1.08 bits per heavy atom. The molecule has 0 saturated carbocycles. The number of imide groups is 1. The summed E-state index contributed by atoms with van der Waals surface area (Å²) in [6.07, 6.45) is 2.59. The second-order valence-electron chi connectivity index (χ2n) is 8.14. The van der Waals surface area contributed by atoms with Gasteiger partial charge in [0.05, 0.1) is 6.54 Å². The number of rotatable bonds is 9. The van der Waals surface area contributed by atoms with Crippen molar-refractivity contribution in [2.75, 3.05) is 26.2 Å². The molecule has 0 aromatic heterocycles. The largest absolute Gasteiger partial charge is 1.00 e. The van der Waals surface area contributed by atoms with E-state index >= 15 is 0 Å². The van der Waals surface area contributed by atoms with E-state index in [1.54, 1.807) is 18.2 Å². The minimum absolute atomic E-state index is 0. The van der Waals surface area contributed by atoms with Gasteiger partial charge in [0.15, 0.2) is 10.3 Å². The molecule has 0 radical (unpaired) electrons. The minimum atomic E-state index is -4.98. The number of β-lactam (4-membered cyclic amide) rings is 1. The average molecular weight is 532 g/mol. The average Bonchev–Trinajstić information content (AvgIpc) is 2.82. The van der Waals surface area contributed by atoms with E-state index in [0.29, 0.717) is 12.1 Å². The Labute approximate surface area is 230 Å². The first-order valence-electron chi connectivity index (χ1n) is 11.1. The Balaban J connectivity index is 0.00000456. The van der Waals surface area contributed by atoms with Gasteiger partial charge in [0, 0.05) is 19.6 Å². The summed E-state index contributed by atoms with van der Waals surface area (Å²) in [6, 6.07) is 4.35. The maximum atomic E-state index is 12.9. The zero-order valence-corrected chi connectivity index (χ0v) is 22.8. The molecular weight excluding hydrogens is 505 g/mol. The van der Waals surface area contributed by atoms with Crippen LogP contribution < -0.4 is 40.2 Å². The molecule has 15 heteroatoms. The molecule has 190 valence electrons. The van der Waals surface area contributed by atoms with Crippen LogP contribution in [-0.4, -0.2) is 89.0 Å². The van der Waals surface area contributed by atoms with Crippen LogP contribution in [0.5, 0.6) is 0 Å². The summed E-state index contributed by atoms with van der Waals surface area (Å²) in [5, 5.41) is 4.71. The Kier molecular flexibility index (Phi) is 10.4. The molecule has 0 aliphatic carbocycles. The van der Waals surface area contributed by atoms with Crippen molar-refractivity contribution in [3.8, 4) is 0 Å². The summed E-state index contributed by atoms with van der Waals surface area (Å²) in [6.45, 7) is 2.01. The van der Waals surface area contributed by atoms with Crippen LogP contribution in [-0.2, 0) is 29.5 Å². The van der Waals surface area contributed by atoms with E-state index in [9.17, 15) is 36.9 Å². The fourth-order valence-corrected chi connectivity index (χ4v) is 4.42. The molecule has 1 aromatic carbocycles. The molecule has 2 N–H and O–H groups in total. The molecule has 1 aromatic rings. The van der Waals surface area contributed by atoms with Gasteiger partial charge in [0.2, 0.25) is 5.91 Å². The van der Waals surface area contributed by atoms with Crippen molar-refractivity contribution in [3.63, 3.8) is 0 Å². The normalized spacial score (nSPS) is 18.8. The van der Waals surface area contributed by atoms with Crippen molar-refractivity contribution in [3.05, 3.63) is 35.9 Å². The van der Waals surface area contributed by atoms with Crippen LogP contribution in [0.25, 0.3) is 0 Å². The predicted octanol–water partition coefficient (Wildman–Crippen LogP) is -3.91. The smallest absolute Gasteiger partial charge is 0.731 e. The zero-order chi connectivity index (χ0) is 25.8. The van der Waals surface area contributed by atoms with Gasteiger partial charge in [0.1, 0.15) is 12.1 Å². The second kappa shape index (κ2) is 12.6. The monoisotopic (exact) mass is 531 g/mol. The van der Waals surface area contributed by atoms with Crippen molar-refractivity contribution in [1.82, 2.24) is 24.7 Å². The van der Waals surface area contributed by atoms with Crippen LogP contribution in [0.2, 0.25) is 0 Å². The first-order chi connectivity index (χ1) is 16.5. The number of piperazine rings is 1. The maximum Gasteiger partial charge on any atom is 1.00 e. The van der Waals surface area contributed by atoms with Gasteiger partial charge >= 0.3 is 47.4 Å². The first-order valence-corrected chi connectivity index (χ1v) is 12.4. The number of hydrogen-bond acceptors (Lipinski definition) is 8. The molecule has 6 amide bonds. The van der Waals surface area contributed by atoms with E-state index in [1.165, 1.54) is 17.0 Å². The van der Waals surface area contributed by atoms with Crippen molar-refractivity contribution in [1.29, 1.82) is 0 Å². The van der Waals surface area contributed by atoms with Gasteiger partial charge in [-0.3, -0.25) is 24.1 Å². The third-order valence-electron chi connectivity index (χ3n) is 5.73. The van der Waals surface area contributed by atoms with Crippen LogP contribution in [0.4, 0.5) is 4.79 Å². The molecule has 2 aliphatic heterocycles. The molecule has 0 spiro atoms. The number of benzene rings is 1. The van der Waals surface area contributed by atoms with Crippen molar-refractivity contribution < 1.29 is 66.5 Å². The van der Waals surface area contributed by atoms with Gasteiger partial charge in [0.25, 0.3) is 5.91 Å². The summed E-state index contributed by atoms with van der Waals surface area (Å²) < 4.78 is 33.1. The Morgan fingerprint density at radius 2 is 1.75 bits per heavy atom. The topological polar surface area (TPSA) is 176 Å². The van der Waals surface area contributed by atoms with E-state index in [2.05, 4.69) is 10.6 Å². The van der Waals surface area contributed by atoms with Crippen molar-refractivity contribution in [2.24, 2.45) is 0 Å². The first kappa shape index (κ1) is 29.7. The van der Waals surface area contributed by atoms with Gasteiger partial charge in [-0.25, -0.2) is 17.5 Å². The van der Waals surface area contributed by atoms with Gasteiger partial charge in [-0.05, 0) is 12.0 Å². The summed E-state index contributed by atoms with van der Waals surface area (Å²) >= 11 is 0. The molecule has 2 saturated heterocycles. The molecule has 2 heterocycles. The van der Waals surface area contributed by atoms with Crippen LogP contribution in [0, 0.1) is 0 Å². The molecular formula is C21H26N5NaO8S. The van der Waals surface area contributed by atoms with Gasteiger partial charge in [-0.15, -0.1) is 0 Å². The third kappa shape index (κ3) is 6.82. The number of unbranched alkanes of at least 4 members (excludes halogenated alkanes) is 2. The molecule has 2 aliphatic rings. The van der Waals surface area contributed by atoms with Crippen LogP contribution in [0.15, 0.2) is 30.3 Å². The second-order valence-corrected chi connectivity index (χ2v) is 9.43. The number of nitrogens with one attached hydrogen (secondary N) is 2. The standard InChI is InChI=1S/C21H27N5O8S.Na/c1-2-3-7-10-24-11-12-25(20(30)19(24)29)21(31)23-16(14-8-5-4-6-9-14)17(27)22-15-13-26(18(15)28)35(32,33)34;/h4-6,8-9,15-16H,2-3,7,10-13H2,1H3,(H,22,27)(H,23,31)(H,32,33,34);/q;+1/p-1. The van der Waals surface area contributed by atoms with Crippen molar-refractivity contribution in [2.45, 2.75) is 38.3 Å². The van der Waals surface area contributed by atoms with Crippen LogP contribution >= 0.6 is 0 Å². The number of carbonyl (C=O) groups is 5. The Morgan fingerprint density at radius 3 is 2.33 bits per heavy atom. The Bertz CT molecular complexity index is 1120. The van der Waals surface area contributed by atoms with E-state index in [1.807, 2.05) is 6.92 Å². The fourth-order valence-electron chi connectivity index (χ4n) is 3.74. The number of amides is 6. The minimum Gasteiger partial charge on any atom is -0.731 e. The number of urea groups is 1. The van der Waals surface area contributed by atoms with E-state index in [4.69, 9.17) is 0 Å². The van der Waals surface area contributed by atoms with Crippen LogP contribution in [0.1, 0.15) is 37.8 Å². The summed E-state index contributed by atoms with van der Waals surface area (Å²) in [5.74, 6) is -3.76. The molecule has 36 heavy (non-hydrogen) atoms. The molecule has 2 unspecified atom stereocenters. The quantitative estimate of drug-likeness (QED) is 0.107. The predicted molar refractivity (Wildman–Crippen MR) is 119 cm³/mol. The molecule has 2 atom stereocenters. The van der Waals surface area contributed by atoms with Gasteiger partial charge in [-0.2, -0.15) is 0 Å². The van der Waals surface area contributed by atoms with Crippen molar-refractivity contribution >= 4 is 40.0 Å². The molecule has 13 nitrogen and oxygen atoms in total. The summed E-state index contributed by atoms with van der Waals surface area (Å²) in [4.78, 5) is 64.8. The van der Waals surface area contributed by atoms with E-state index in [0.717, 1.165) is 24.2 Å². The molecule has 0 bridgehead atoms. The van der Waals surface area contributed by atoms with Gasteiger partial charge < -0.3 is 20.1 Å². The van der Waals surface area contributed by atoms with Crippen LogP contribution in [0.3, 0.4) is 0 Å². The van der Waals surface area contributed by atoms with Gasteiger partial charge in [-0.1, -0.05) is 50.1 Å². The molecule has 3 rings (SSSR count). The number of carbonyl (C=O) groups excluding carboxylic acids is 5. The number of hydrogen-bond donors (Lipinski definition) is 2. The maximum absolute atomic E-state index is 12.9. The SMILES string of the molecule is CCCCCN1CCN(C(=O)NC(C(=O)NC2CN(S(=O)(=O)[O-])C2=O)c2ccccc2)C(=O)C1=O.[Na+]. The Hall–Kier alpha value is -2.52. The third-order valence-corrected chi connectivity index (χ3v) is 6.60. The number of nitrogens with zero attached hydrogens (tertiary/aromatic N) is 3. The zero-order valence-electron chi connectivity index (χ0n) is 20.0. The summed E-state index contributed by atoms with van der Waals surface area (Å²) in [7, 11) is -4.98. The molecule has 2 fully saturated rings. The van der Waals surface area contributed by atoms with E-state index < -0.39 is 58.6 Å². The summed E-state index contributed by atoms with van der Waals surface area (Å²) in [5.41, 5.74) is 0.315. The van der Waals surface area contributed by atoms with E-state index in [-0.39, 0.29) is 47.0 Å². The fraction of sp³-hybridized carbons (Fsp3) is 0.476.